The molecule has 0 N–H and O–H groups in total. The van der Waals surface area contributed by atoms with Gasteiger partial charge in [-0.3, -0.25) is 0 Å². The minimum atomic E-state index is -0.405. The minimum Gasteiger partial charge on any atom is -0.493 e. The number of hydrogen-bond acceptors (Lipinski definition) is 1. The summed E-state index contributed by atoms with van der Waals surface area (Å²) in [6.45, 7) is 4.53. The van der Waals surface area contributed by atoms with Crippen LogP contribution in [-0.2, 0) is 0 Å². The van der Waals surface area contributed by atoms with Crippen LogP contribution >= 0.6 is 11.6 Å². The van der Waals surface area contributed by atoms with Crippen LogP contribution in [0.2, 0.25) is 5.02 Å². The van der Waals surface area contributed by atoms with Crippen molar-refractivity contribution in [2.24, 2.45) is 23.7 Å². The Morgan fingerprint density at radius 2 is 1.63 bits per heavy atom. The van der Waals surface area contributed by atoms with Crippen LogP contribution in [0.25, 0.3) is 0 Å². The molecule has 0 atom stereocenters. The lowest BCUT2D eigenvalue weighted by atomic mass is 9.69. The Morgan fingerprint density at radius 1 is 1.00 bits per heavy atom. The SMILES string of the molecule is C=CCCC[C@H]1CC[C@H](C2CCC(COc3ccc(Cl)c(F)c3)CC2)CC1. The summed E-state index contributed by atoms with van der Waals surface area (Å²) in [5.74, 6) is 3.63. The Kier molecular flexibility index (Phi) is 8.06. The number of ether oxygens (including phenoxy) is 1. The van der Waals surface area contributed by atoms with Gasteiger partial charge in [-0.15, -0.1) is 6.58 Å². The summed E-state index contributed by atoms with van der Waals surface area (Å²) in [5, 5.41) is 0.151. The molecule has 0 saturated heterocycles. The minimum absolute atomic E-state index is 0.151. The fourth-order valence-electron chi connectivity index (χ4n) is 5.11. The standard InChI is InChI=1S/C24H34ClFO/c1-2-3-4-5-18-6-10-20(11-7-18)21-12-8-19(9-13-21)17-27-22-14-15-23(25)24(26)16-22/h2,14-16,18-21H,1,3-13,17H2/t18-,19?,20-,21?. The second-order valence-electron chi connectivity index (χ2n) is 8.67. The molecule has 3 heteroatoms. The first-order valence-corrected chi connectivity index (χ1v) is 11.2. The third kappa shape index (κ3) is 6.24. The van der Waals surface area contributed by atoms with Gasteiger partial charge in [0.15, 0.2) is 0 Å². The maximum absolute atomic E-state index is 13.5. The van der Waals surface area contributed by atoms with Crippen LogP contribution in [0.4, 0.5) is 4.39 Å². The molecule has 1 nitrogen and oxygen atoms in total. The zero-order chi connectivity index (χ0) is 19.1. The molecule has 0 unspecified atom stereocenters. The normalized spacial score (nSPS) is 28.7. The summed E-state index contributed by atoms with van der Waals surface area (Å²) in [5.41, 5.74) is 0. The predicted octanol–water partition coefficient (Wildman–Crippen LogP) is 7.83. The van der Waals surface area contributed by atoms with E-state index in [1.807, 2.05) is 0 Å². The molecule has 1 aromatic carbocycles. The van der Waals surface area contributed by atoms with E-state index in [1.54, 1.807) is 12.1 Å². The van der Waals surface area contributed by atoms with Crippen LogP contribution in [0.3, 0.4) is 0 Å². The molecule has 0 aromatic heterocycles. The largest absolute Gasteiger partial charge is 0.493 e. The number of benzene rings is 1. The van der Waals surface area contributed by atoms with Gasteiger partial charge in [0.05, 0.1) is 11.6 Å². The molecule has 1 aromatic rings. The highest BCUT2D eigenvalue weighted by atomic mass is 35.5. The highest BCUT2D eigenvalue weighted by Gasteiger charge is 2.30. The maximum Gasteiger partial charge on any atom is 0.145 e. The summed E-state index contributed by atoms with van der Waals surface area (Å²) in [6.07, 6.45) is 16.9. The molecule has 2 fully saturated rings. The first-order chi connectivity index (χ1) is 13.2. The molecule has 2 aliphatic rings. The van der Waals surface area contributed by atoms with Crippen LogP contribution in [0.5, 0.6) is 5.75 Å². The van der Waals surface area contributed by atoms with Crippen molar-refractivity contribution in [2.75, 3.05) is 6.61 Å². The lowest BCUT2D eigenvalue weighted by Gasteiger charge is -2.38. The van der Waals surface area contributed by atoms with Gasteiger partial charge in [-0.25, -0.2) is 4.39 Å². The topological polar surface area (TPSA) is 9.23 Å². The number of hydrogen-bond donors (Lipinski definition) is 0. The Balaban J connectivity index is 1.34. The summed E-state index contributed by atoms with van der Waals surface area (Å²) in [6, 6.07) is 4.71. The Bertz CT molecular complexity index is 586. The second kappa shape index (κ2) is 10.5. The van der Waals surface area contributed by atoms with Crippen molar-refractivity contribution in [1.29, 1.82) is 0 Å². The summed E-state index contributed by atoms with van der Waals surface area (Å²) in [4.78, 5) is 0. The monoisotopic (exact) mass is 392 g/mol. The van der Waals surface area contributed by atoms with Gasteiger partial charge in [0.1, 0.15) is 11.6 Å². The van der Waals surface area contributed by atoms with Crippen molar-refractivity contribution in [3.05, 3.63) is 41.7 Å². The zero-order valence-electron chi connectivity index (χ0n) is 16.5. The van der Waals surface area contributed by atoms with Crippen molar-refractivity contribution in [1.82, 2.24) is 0 Å². The van der Waals surface area contributed by atoms with E-state index in [-0.39, 0.29) is 5.02 Å². The van der Waals surface area contributed by atoms with Crippen molar-refractivity contribution in [3.8, 4) is 5.75 Å². The molecule has 0 amide bonds. The van der Waals surface area contributed by atoms with E-state index in [0.29, 0.717) is 18.3 Å². The van der Waals surface area contributed by atoms with Crippen molar-refractivity contribution in [3.63, 3.8) is 0 Å². The molecule has 0 radical (unpaired) electrons. The van der Waals surface area contributed by atoms with Gasteiger partial charge in [0.2, 0.25) is 0 Å². The van der Waals surface area contributed by atoms with Crippen LogP contribution in [-0.4, -0.2) is 6.61 Å². The average molecular weight is 393 g/mol. The van der Waals surface area contributed by atoms with Gasteiger partial charge >= 0.3 is 0 Å². The summed E-state index contributed by atoms with van der Waals surface area (Å²) in [7, 11) is 0. The molecular weight excluding hydrogens is 359 g/mol. The molecule has 150 valence electrons. The lowest BCUT2D eigenvalue weighted by Crippen LogP contribution is -2.27. The van der Waals surface area contributed by atoms with Gasteiger partial charge in [0.25, 0.3) is 0 Å². The third-order valence-electron chi connectivity index (χ3n) is 6.85. The fraction of sp³-hybridized carbons (Fsp3) is 0.667. The summed E-state index contributed by atoms with van der Waals surface area (Å²) < 4.78 is 19.3. The van der Waals surface area contributed by atoms with Crippen LogP contribution in [0, 0.1) is 29.5 Å². The highest BCUT2D eigenvalue weighted by Crippen LogP contribution is 2.42. The van der Waals surface area contributed by atoms with E-state index in [2.05, 4.69) is 12.7 Å². The Labute approximate surface area is 169 Å². The summed E-state index contributed by atoms with van der Waals surface area (Å²) >= 11 is 5.73. The molecule has 0 spiro atoms. The fourth-order valence-corrected chi connectivity index (χ4v) is 5.22. The number of rotatable bonds is 8. The van der Waals surface area contributed by atoms with E-state index >= 15 is 0 Å². The first kappa shape index (κ1) is 20.7. The zero-order valence-corrected chi connectivity index (χ0v) is 17.2. The van der Waals surface area contributed by atoms with Gasteiger partial charge in [-0.05, 0) is 87.2 Å². The number of halogens is 2. The van der Waals surface area contributed by atoms with E-state index in [9.17, 15) is 4.39 Å². The molecule has 0 heterocycles. The van der Waals surface area contributed by atoms with E-state index < -0.39 is 5.82 Å². The Hall–Kier alpha value is -1.02. The molecule has 2 aliphatic carbocycles. The Morgan fingerprint density at radius 3 is 2.22 bits per heavy atom. The van der Waals surface area contributed by atoms with E-state index in [1.165, 1.54) is 76.7 Å². The lowest BCUT2D eigenvalue weighted by molar-refractivity contribution is 0.121. The second-order valence-corrected chi connectivity index (χ2v) is 9.08. The number of allylic oxidation sites excluding steroid dienone is 1. The van der Waals surface area contributed by atoms with E-state index in [0.717, 1.165) is 17.8 Å². The van der Waals surface area contributed by atoms with Gasteiger partial charge < -0.3 is 4.74 Å². The smallest absolute Gasteiger partial charge is 0.145 e. The average Bonchev–Trinajstić information content (AvgIpc) is 2.70. The van der Waals surface area contributed by atoms with Crippen LogP contribution in [0.1, 0.15) is 70.6 Å². The van der Waals surface area contributed by atoms with E-state index in [4.69, 9.17) is 16.3 Å². The van der Waals surface area contributed by atoms with Gasteiger partial charge in [0, 0.05) is 6.07 Å². The van der Waals surface area contributed by atoms with Crippen molar-refractivity contribution < 1.29 is 9.13 Å². The van der Waals surface area contributed by atoms with Crippen molar-refractivity contribution in [2.45, 2.75) is 70.6 Å². The predicted molar refractivity (Wildman–Crippen MR) is 112 cm³/mol. The van der Waals surface area contributed by atoms with Crippen molar-refractivity contribution >= 4 is 11.6 Å². The number of unbranched alkanes of at least 4 members (excludes halogenated alkanes) is 1. The van der Waals surface area contributed by atoms with Gasteiger partial charge in [-0.2, -0.15) is 0 Å². The molecule has 0 bridgehead atoms. The molecule has 2 saturated carbocycles. The van der Waals surface area contributed by atoms with Crippen LogP contribution in [0.15, 0.2) is 30.9 Å². The third-order valence-corrected chi connectivity index (χ3v) is 7.15. The molecule has 27 heavy (non-hydrogen) atoms. The molecular formula is C24H34ClFO. The molecule has 3 rings (SSSR count). The molecule has 0 aliphatic heterocycles. The van der Waals surface area contributed by atoms with Gasteiger partial charge in [-0.1, -0.05) is 36.9 Å². The first-order valence-electron chi connectivity index (χ1n) is 10.8. The maximum atomic E-state index is 13.5. The quantitative estimate of drug-likeness (QED) is 0.323. The van der Waals surface area contributed by atoms with Crippen LogP contribution < -0.4 is 4.74 Å². The highest BCUT2D eigenvalue weighted by molar-refractivity contribution is 6.30.